The van der Waals surface area contributed by atoms with Crippen molar-refractivity contribution in [3.05, 3.63) is 52.3 Å². The maximum absolute atomic E-state index is 12.0. The first-order valence-electron chi connectivity index (χ1n) is 9.38. The lowest BCUT2D eigenvalue weighted by Gasteiger charge is -2.11. The summed E-state index contributed by atoms with van der Waals surface area (Å²) in [4.78, 5) is 16.7. The fourth-order valence-electron chi connectivity index (χ4n) is 3.18. The van der Waals surface area contributed by atoms with E-state index in [-0.39, 0.29) is 5.91 Å². The molecule has 142 valence electrons. The van der Waals surface area contributed by atoms with E-state index < -0.39 is 0 Å². The number of rotatable bonds is 7. The molecule has 0 bridgehead atoms. The summed E-state index contributed by atoms with van der Waals surface area (Å²) in [6.07, 6.45) is 3.21. The van der Waals surface area contributed by atoms with E-state index in [1.54, 1.807) is 0 Å². The van der Waals surface area contributed by atoms with Gasteiger partial charge in [-0.1, -0.05) is 37.1 Å². The number of carbonyl (C=O) groups excluding carboxylic acids is 1. The molecular weight excluding hydrogens is 360 g/mol. The number of aromatic nitrogens is 3. The number of nitrogens with one attached hydrogen (secondary N) is 1. The number of nitrogens with zero attached hydrogens (tertiary/aromatic N) is 3. The maximum atomic E-state index is 12.0. The van der Waals surface area contributed by atoms with Crippen molar-refractivity contribution in [3.63, 3.8) is 0 Å². The van der Waals surface area contributed by atoms with Crippen LogP contribution in [-0.4, -0.2) is 27.0 Å². The van der Waals surface area contributed by atoms with Crippen LogP contribution in [0.2, 0.25) is 5.02 Å². The molecule has 3 aromatic rings. The predicted molar refractivity (Wildman–Crippen MR) is 109 cm³/mol. The number of fused-ring (bicyclic) bond motifs is 1. The van der Waals surface area contributed by atoms with Crippen LogP contribution in [0.3, 0.4) is 0 Å². The fourth-order valence-corrected chi connectivity index (χ4v) is 3.31. The topological polar surface area (TPSA) is 59.3 Å². The van der Waals surface area contributed by atoms with Crippen LogP contribution in [-0.2, 0) is 11.2 Å². The van der Waals surface area contributed by atoms with Crippen LogP contribution in [0.15, 0.2) is 30.3 Å². The molecule has 2 heterocycles. The number of unbranched alkanes of at least 4 members (excludes halogenated alkanes) is 1. The monoisotopic (exact) mass is 384 g/mol. The van der Waals surface area contributed by atoms with Crippen molar-refractivity contribution in [2.45, 2.75) is 46.5 Å². The Labute approximate surface area is 164 Å². The lowest BCUT2D eigenvalue weighted by Crippen LogP contribution is -2.24. The van der Waals surface area contributed by atoms with Crippen LogP contribution in [0.4, 0.5) is 0 Å². The van der Waals surface area contributed by atoms with Gasteiger partial charge in [-0.25, -0.2) is 9.50 Å². The molecule has 0 aliphatic carbocycles. The number of halogens is 1. The van der Waals surface area contributed by atoms with Gasteiger partial charge in [-0.05, 0) is 44.4 Å². The maximum Gasteiger partial charge on any atom is 0.220 e. The summed E-state index contributed by atoms with van der Waals surface area (Å²) in [6.45, 7) is 6.88. The number of hydrogen-bond acceptors (Lipinski definition) is 3. The molecule has 1 N–H and O–H groups in total. The largest absolute Gasteiger partial charge is 0.356 e. The number of carbonyl (C=O) groups is 1. The minimum atomic E-state index is 0.0877. The number of hydrogen-bond donors (Lipinski definition) is 1. The van der Waals surface area contributed by atoms with E-state index in [1.807, 2.05) is 48.7 Å². The molecule has 0 atom stereocenters. The van der Waals surface area contributed by atoms with Gasteiger partial charge < -0.3 is 5.32 Å². The zero-order valence-electron chi connectivity index (χ0n) is 16.1. The first kappa shape index (κ1) is 19.4. The first-order chi connectivity index (χ1) is 13.0. The predicted octanol–water partition coefficient (Wildman–Crippen LogP) is 4.52. The summed E-state index contributed by atoms with van der Waals surface area (Å²) in [5.41, 5.74) is 5.72. The van der Waals surface area contributed by atoms with Gasteiger partial charge in [0.05, 0.1) is 5.69 Å². The lowest BCUT2D eigenvalue weighted by atomic mass is 10.1. The molecular formula is C21H25ClN4O. The van der Waals surface area contributed by atoms with Crippen molar-refractivity contribution in [1.29, 1.82) is 0 Å². The highest BCUT2D eigenvalue weighted by atomic mass is 35.5. The van der Waals surface area contributed by atoms with Crippen molar-refractivity contribution in [2.75, 3.05) is 6.54 Å². The van der Waals surface area contributed by atoms with E-state index in [2.05, 4.69) is 12.2 Å². The molecule has 0 fully saturated rings. The Morgan fingerprint density at radius 2 is 1.96 bits per heavy atom. The van der Waals surface area contributed by atoms with Crippen molar-refractivity contribution in [1.82, 2.24) is 19.9 Å². The molecule has 3 rings (SSSR count). The van der Waals surface area contributed by atoms with Crippen molar-refractivity contribution in [2.24, 2.45) is 0 Å². The number of amides is 1. The highest BCUT2D eigenvalue weighted by Crippen LogP contribution is 2.24. The molecule has 0 aliphatic heterocycles. The van der Waals surface area contributed by atoms with Gasteiger partial charge in [-0.3, -0.25) is 4.79 Å². The normalized spacial score (nSPS) is 11.1. The highest BCUT2D eigenvalue weighted by Gasteiger charge is 2.14. The van der Waals surface area contributed by atoms with E-state index in [4.69, 9.17) is 21.7 Å². The van der Waals surface area contributed by atoms with Crippen molar-refractivity contribution >= 4 is 23.2 Å². The smallest absolute Gasteiger partial charge is 0.220 e. The SMILES string of the molecule is CCCCNC(=O)CCc1c(C)nc2cc(-c3ccc(Cl)cc3)nn2c1C. The average molecular weight is 385 g/mol. The summed E-state index contributed by atoms with van der Waals surface area (Å²) in [5.74, 6) is 0.0877. The third-order valence-electron chi connectivity index (χ3n) is 4.76. The molecule has 0 saturated heterocycles. The quantitative estimate of drug-likeness (QED) is 0.609. The molecule has 27 heavy (non-hydrogen) atoms. The van der Waals surface area contributed by atoms with Gasteiger partial charge in [0, 0.05) is 41.0 Å². The average Bonchev–Trinajstić information content (AvgIpc) is 3.06. The minimum absolute atomic E-state index is 0.0877. The van der Waals surface area contributed by atoms with Gasteiger partial charge in [-0.2, -0.15) is 5.10 Å². The van der Waals surface area contributed by atoms with Gasteiger partial charge >= 0.3 is 0 Å². The van der Waals surface area contributed by atoms with Gasteiger partial charge in [0.25, 0.3) is 0 Å². The van der Waals surface area contributed by atoms with Gasteiger partial charge in [0.1, 0.15) is 0 Å². The van der Waals surface area contributed by atoms with Crippen LogP contribution in [0.5, 0.6) is 0 Å². The third-order valence-corrected chi connectivity index (χ3v) is 5.01. The Morgan fingerprint density at radius 1 is 1.22 bits per heavy atom. The lowest BCUT2D eigenvalue weighted by molar-refractivity contribution is -0.121. The third kappa shape index (κ3) is 4.48. The van der Waals surface area contributed by atoms with E-state index >= 15 is 0 Å². The van der Waals surface area contributed by atoms with Crippen LogP contribution >= 0.6 is 11.6 Å². The Kier molecular flexibility index (Phi) is 6.11. The summed E-state index contributed by atoms with van der Waals surface area (Å²) in [7, 11) is 0. The second-order valence-corrected chi connectivity index (χ2v) is 7.21. The molecule has 6 heteroatoms. The van der Waals surface area contributed by atoms with Crippen LogP contribution in [0.1, 0.15) is 43.1 Å². The Morgan fingerprint density at radius 3 is 2.67 bits per heavy atom. The van der Waals surface area contributed by atoms with Gasteiger partial charge in [-0.15, -0.1) is 0 Å². The van der Waals surface area contributed by atoms with E-state index in [1.165, 1.54) is 0 Å². The summed E-state index contributed by atoms with van der Waals surface area (Å²) >= 11 is 5.97. The molecule has 0 unspecified atom stereocenters. The molecule has 1 amide bonds. The standard InChI is InChI=1S/C21H25ClN4O/c1-4-5-12-23-21(27)11-10-18-14(2)24-20-13-19(25-26(20)15(18)3)16-6-8-17(22)9-7-16/h6-9,13H,4-5,10-12H2,1-3H3,(H,23,27). The van der Waals surface area contributed by atoms with Crippen LogP contribution < -0.4 is 5.32 Å². The van der Waals surface area contributed by atoms with Crippen molar-refractivity contribution < 1.29 is 4.79 Å². The molecule has 0 radical (unpaired) electrons. The summed E-state index contributed by atoms with van der Waals surface area (Å²) in [6, 6.07) is 9.59. The zero-order valence-corrected chi connectivity index (χ0v) is 16.8. The zero-order chi connectivity index (χ0) is 19.4. The second-order valence-electron chi connectivity index (χ2n) is 6.77. The van der Waals surface area contributed by atoms with Gasteiger partial charge in [0.15, 0.2) is 5.65 Å². The molecule has 5 nitrogen and oxygen atoms in total. The first-order valence-corrected chi connectivity index (χ1v) is 9.76. The van der Waals surface area contributed by atoms with Crippen molar-refractivity contribution in [3.8, 4) is 11.3 Å². The van der Waals surface area contributed by atoms with E-state index in [0.29, 0.717) is 17.9 Å². The van der Waals surface area contributed by atoms with E-state index in [0.717, 1.165) is 53.2 Å². The molecule has 2 aromatic heterocycles. The van der Waals surface area contributed by atoms with E-state index in [9.17, 15) is 4.79 Å². The molecule has 0 saturated carbocycles. The Balaban J connectivity index is 1.82. The summed E-state index contributed by atoms with van der Waals surface area (Å²) < 4.78 is 1.86. The number of aryl methyl sites for hydroxylation is 2. The molecule has 0 aliphatic rings. The van der Waals surface area contributed by atoms with Gasteiger partial charge in [0.2, 0.25) is 5.91 Å². The van der Waals surface area contributed by atoms with Crippen LogP contribution in [0, 0.1) is 13.8 Å². The number of benzene rings is 1. The minimum Gasteiger partial charge on any atom is -0.356 e. The fraction of sp³-hybridized carbons (Fsp3) is 0.381. The highest BCUT2D eigenvalue weighted by molar-refractivity contribution is 6.30. The molecule has 0 spiro atoms. The molecule has 1 aromatic carbocycles. The Bertz CT molecular complexity index is 947. The Hall–Kier alpha value is -2.40. The second kappa shape index (κ2) is 8.53. The summed E-state index contributed by atoms with van der Waals surface area (Å²) in [5, 5.41) is 8.38. The van der Waals surface area contributed by atoms with Crippen LogP contribution in [0.25, 0.3) is 16.9 Å².